The predicted octanol–water partition coefficient (Wildman–Crippen LogP) is 3.29. The second-order valence-electron chi connectivity index (χ2n) is 5.95. The van der Waals surface area contributed by atoms with E-state index < -0.39 is 0 Å². The summed E-state index contributed by atoms with van der Waals surface area (Å²) in [5.41, 5.74) is 0.290. The molecule has 0 aromatic carbocycles. The molecule has 0 N–H and O–H groups in total. The molecule has 0 aliphatic rings. The fourth-order valence-electron chi connectivity index (χ4n) is 1.75. The van der Waals surface area contributed by atoms with E-state index in [4.69, 9.17) is 0 Å². The van der Waals surface area contributed by atoms with Gasteiger partial charge >= 0.3 is 5.69 Å². The van der Waals surface area contributed by atoms with Crippen LogP contribution >= 0.6 is 15.9 Å². The minimum Gasteiger partial charge on any atom is -0.299 e. The molecule has 0 saturated carbocycles. The molecule has 1 aromatic heterocycles. The minimum absolute atomic E-state index is 0.0928. The van der Waals surface area contributed by atoms with Crippen LogP contribution in [0.2, 0.25) is 0 Å². The van der Waals surface area contributed by atoms with Gasteiger partial charge in [-0.2, -0.15) is 0 Å². The van der Waals surface area contributed by atoms with Crippen LogP contribution in [0.4, 0.5) is 0 Å². The molecule has 0 radical (unpaired) electrons. The van der Waals surface area contributed by atoms with Gasteiger partial charge in [0.25, 0.3) is 0 Å². The third-order valence-corrected chi connectivity index (χ3v) is 4.04. The van der Waals surface area contributed by atoms with Gasteiger partial charge in [-0.3, -0.25) is 9.13 Å². The Hall–Kier alpha value is -0.510. The van der Waals surface area contributed by atoms with Crippen LogP contribution in [-0.2, 0) is 6.54 Å². The number of nitrogens with zero attached hydrogens (tertiary/aromatic N) is 2. The summed E-state index contributed by atoms with van der Waals surface area (Å²) in [6.07, 6.45) is 3.77. The van der Waals surface area contributed by atoms with Crippen molar-refractivity contribution in [3.8, 4) is 0 Å². The summed E-state index contributed by atoms with van der Waals surface area (Å²) in [7, 11) is 0. The van der Waals surface area contributed by atoms with Crippen molar-refractivity contribution in [1.29, 1.82) is 0 Å². The van der Waals surface area contributed by atoms with E-state index in [-0.39, 0.29) is 17.1 Å². The molecule has 1 rings (SSSR count). The van der Waals surface area contributed by atoms with Gasteiger partial charge in [0.2, 0.25) is 0 Å². The Bertz CT molecular complexity index is 412. The SMILES string of the molecule is CC(C)n1ccn(CC(CBr)C(C)(C)C)c1=O. The number of hydrogen-bond donors (Lipinski definition) is 0. The maximum atomic E-state index is 12.1. The molecule has 4 heteroatoms. The normalized spacial score (nSPS) is 14.3. The topological polar surface area (TPSA) is 26.9 Å². The fraction of sp³-hybridized carbons (Fsp3) is 0.769. The van der Waals surface area contributed by atoms with E-state index in [1.807, 2.05) is 30.8 Å². The molecule has 0 aliphatic heterocycles. The average Bonchev–Trinajstić information content (AvgIpc) is 2.54. The number of imidazole rings is 1. The molecule has 1 aromatic rings. The molecule has 17 heavy (non-hydrogen) atoms. The van der Waals surface area contributed by atoms with E-state index in [0.29, 0.717) is 5.92 Å². The number of aromatic nitrogens is 2. The Morgan fingerprint density at radius 3 is 2.24 bits per heavy atom. The van der Waals surface area contributed by atoms with Crippen molar-refractivity contribution < 1.29 is 0 Å². The van der Waals surface area contributed by atoms with Gasteiger partial charge in [0.05, 0.1) is 0 Å². The first-order valence-electron chi connectivity index (χ1n) is 6.10. The maximum Gasteiger partial charge on any atom is 0.328 e. The molecule has 0 bridgehead atoms. The van der Waals surface area contributed by atoms with Crippen molar-refractivity contribution in [2.75, 3.05) is 5.33 Å². The molecular formula is C13H23BrN2O. The van der Waals surface area contributed by atoms with Gasteiger partial charge < -0.3 is 0 Å². The summed E-state index contributed by atoms with van der Waals surface area (Å²) in [6, 6.07) is 0.223. The minimum atomic E-state index is 0.0928. The summed E-state index contributed by atoms with van der Waals surface area (Å²) in [6.45, 7) is 11.5. The van der Waals surface area contributed by atoms with E-state index in [2.05, 4.69) is 36.7 Å². The lowest BCUT2D eigenvalue weighted by Crippen LogP contribution is -2.32. The van der Waals surface area contributed by atoms with Gasteiger partial charge in [-0.25, -0.2) is 4.79 Å². The highest BCUT2D eigenvalue weighted by atomic mass is 79.9. The first kappa shape index (κ1) is 14.6. The highest BCUT2D eigenvalue weighted by Crippen LogP contribution is 2.28. The van der Waals surface area contributed by atoms with Crippen LogP contribution in [-0.4, -0.2) is 14.5 Å². The van der Waals surface area contributed by atoms with Crippen molar-refractivity contribution in [3.05, 3.63) is 22.9 Å². The monoisotopic (exact) mass is 302 g/mol. The molecule has 0 aliphatic carbocycles. The average molecular weight is 303 g/mol. The molecule has 1 atom stereocenters. The predicted molar refractivity (Wildman–Crippen MR) is 75.8 cm³/mol. The standard InChI is InChI=1S/C13H23BrN2O/c1-10(2)16-7-6-15(12(16)17)9-11(8-14)13(3,4)5/h6-7,10-11H,8-9H2,1-5H3. The summed E-state index contributed by atoms with van der Waals surface area (Å²) >= 11 is 3.55. The van der Waals surface area contributed by atoms with Crippen LogP contribution in [0.15, 0.2) is 17.2 Å². The Balaban J connectivity index is 2.92. The number of halogens is 1. The van der Waals surface area contributed by atoms with Crippen LogP contribution in [0.3, 0.4) is 0 Å². The summed E-state index contributed by atoms with van der Waals surface area (Å²) in [5.74, 6) is 0.447. The van der Waals surface area contributed by atoms with E-state index in [0.717, 1.165) is 11.9 Å². The van der Waals surface area contributed by atoms with Crippen LogP contribution in [0.1, 0.15) is 40.7 Å². The third-order valence-electron chi connectivity index (χ3n) is 3.26. The molecule has 1 heterocycles. The summed E-state index contributed by atoms with van der Waals surface area (Å²) in [4.78, 5) is 12.1. The van der Waals surface area contributed by atoms with Crippen LogP contribution < -0.4 is 5.69 Å². The lowest BCUT2D eigenvalue weighted by atomic mass is 9.82. The number of rotatable bonds is 4. The first-order valence-corrected chi connectivity index (χ1v) is 7.22. The number of alkyl halides is 1. The zero-order valence-corrected chi connectivity index (χ0v) is 13.0. The fourth-order valence-corrected chi connectivity index (χ4v) is 2.93. The van der Waals surface area contributed by atoms with Crippen molar-refractivity contribution in [3.63, 3.8) is 0 Å². The second-order valence-corrected chi connectivity index (χ2v) is 6.60. The van der Waals surface area contributed by atoms with Gasteiger partial charge in [-0.15, -0.1) is 0 Å². The Morgan fingerprint density at radius 2 is 1.88 bits per heavy atom. The molecule has 0 fully saturated rings. The quantitative estimate of drug-likeness (QED) is 0.784. The van der Waals surface area contributed by atoms with Crippen molar-refractivity contribution in [2.24, 2.45) is 11.3 Å². The van der Waals surface area contributed by atoms with Gasteiger partial charge in [-0.05, 0) is 25.2 Å². The Morgan fingerprint density at radius 1 is 1.29 bits per heavy atom. The van der Waals surface area contributed by atoms with Gasteiger partial charge in [0.1, 0.15) is 0 Å². The molecular weight excluding hydrogens is 280 g/mol. The van der Waals surface area contributed by atoms with E-state index in [1.165, 1.54) is 0 Å². The summed E-state index contributed by atoms with van der Waals surface area (Å²) in [5, 5.41) is 0.912. The zero-order chi connectivity index (χ0) is 13.2. The molecule has 0 saturated heterocycles. The lowest BCUT2D eigenvalue weighted by Gasteiger charge is -2.29. The summed E-state index contributed by atoms with van der Waals surface area (Å²) < 4.78 is 3.59. The van der Waals surface area contributed by atoms with E-state index in [1.54, 1.807) is 4.57 Å². The molecule has 98 valence electrons. The van der Waals surface area contributed by atoms with Crippen molar-refractivity contribution in [2.45, 2.75) is 47.2 Å². The van der Waals surface area contributed by atoms with Gasteiger partial charge in [0.15, 0.2) is 0 Å². The molecule has 1 unspecified atom stereocenters. The Kier molecular flexibility index (Phi) is 4.64. The van der Waals surface area contributed by atoms with Crippen molar-refractivity contribution >= 4 is 15.9 Å². The molecule has 3 nitrogen and oxygen atoms in total. The number of hydrogen-bond acceptors (Lipinski definition) is 1. The first-order chi connectivity index (χ1) is 7.77. The van der Waals surface area contributed by atoms with E-state index >= 15 is 0 Å². The van der Waals surface area contributed by atoms with Crippen molar-refractivity contribution in [1.82, 2.24) is 9.13 Å². The second kappa shape index (κ2) is 5.42. The highest BCUT2D eigenvalue weighted by Gasteiger charge is 2.24. The van der Waals surface area contributed by atoms with Crippen LogP contribution in [0.25, 0.3) is 0 Å². The smallest absolute Gasteiger partial charge is 0.299 e. The van der Waals surface area contributed by atoms with Gasteiger partial charge in [0, 0.05) is 30.3 Å². The van der Waals surface area contributed by atoms with Crippen LogP contribution in [0.5, 0.6) is 0 Å². The highest BCUT2D eigenvalue weighted by molar-refractivity contribution is 9.09. The molecule has 0 spiro atoms. The van der Waals surface area contributed by atoms with E-state index in [9.17, 15) is 4.79 Å². The third kappa shape index (κ3) is 3.47. The maximum absolute atomic E-state index is 12.1. The van der Waals surface area contributed by atoms with Gasteiger partial charge in [-0.1, -0.05) is 36.7 Å². The molecule has 0 amide bonds. The zero-order valence-electron chi connectivity index (χ0n) is 11.4. The largest absolute Gasteiger partial charge is 0.328 e. The Labute approximate surface area is 112 Å². The van der Waals surface area contributed by atoms with Crippen LogP contribution in [0, 0.1) is 11.3 Å². The lowest BCUT2D eigenvalue weighted by molar-refractivity contribution is 0.236.